The summed E-state index contributed by atoms with van der Waals surface area (Å²) in [5, 5.41) is 60.3. The van der Waals surface area contributed by atoms with E-state index >= 15 is 0 Å². The number of phenols is 4. The standard InChI is InChI=1S/C27H17F3N2O4S.C26H20FN3O2S.C25H19FN4O2S/c28-27(29,30)23-13-17(31-26(35)32-23)6-1-15-2-10-20(11-3-15)36-24-21-12-9-19(34)14-22(21)37-25(24)16-4-7-18(33)8-5-16;1-15-13-18(27)6-10-21(15)26-25(22-11-7-19(31)14-23(22)33-26)32-20-8-3-17(4-9-20)5-12-24-28-16(2)29-30-24;1-15-13-17(26)6-10-20(15)25-24(21-11-7-18(31)14-22(21)33-25)32-19-8-3-16(4-9-19)5-12-23-27-28-29-30(23)2/h1-14,33-34H,(H,31,32,35);3-14,31H,1-2H3,(H,28,29,30);3-14,31H,1-2H3/b6-1+;2*12-5+. The van der Waals surface area contributed by atoms with Crippen LogP contribution in [0.25, 0.3) is 98.0 Å². The van der Waals surface area contributed by atoms with E-state index in [2.05, 4.69) is 35.7 Å². The average molecular weight is 1440 g/mol. The molecule has 0 aliphatic heterocycles. The minimum absolute atomic E-state index is 0.122. The minimum Gasteiger partial charge on any atom is -0.508 e. The summed E-state index contributed by atoms with van der Waals surface area (Å²) in [5.41, 5.74) is 4.49. The molecule has 6 N–H and O–H groups in total. The zero-order valence-electron chi connectivity index (χ0n) is 54.6. The van der Waals surface area contributed by atoms with Gasteiger partial charge in [0.25, 0.3) is 0 Å². The molecule has 17 nitrogen and oxygen atoms in total. The van der Waals surface area contributed by atoms with Crippen molar-refractivity contribution in [1.82, 2.24) is 45.4 Å². The van der Waals surface area contributed by atoms with E-state index < -0.39 is 17.6 Å². The summed E-state index contributed by atoms with van der Waals surface area (Å²) in [6.07, 6.45) is 5.71. The second kappa shape index (κ2) is 29.7. The lowest BCUT2D eigenvalue weighted by Crippen LogP contribution is -2.19. The van der Waals surface area contributed by atoms with Crippen molar-refractivity contribution in [3.05, 3.63) is 273 Å². The monoisotopic (exact) mass is 1440 g/mol. The van der Waals surface area contributed by atoms with Crippen LogP contribution in [0.4, 0.5) is 22.0 Å². The minimum atomic E-state index is -4.69. The maximum Gasteiger partial charge on any atom is 0.431 e. The first-order valence-electron chi connectivity index (χ1n) is 31.4. The van der Waals surface area contributed by atoms with Gasteiger partial charge in [-0.25, -0.2) is 23.2 Å². The van der Waals surface area contributed by atoms with Crippen LogP contribution in [0, 0.1) is 32.4 Å². The summed E-state index contributed by atoms with van der Waals surface area (Å²) in [4.78, 5) is 23.6. The Balaban J connectivity index is 0.000000138. The number of aromatic amines is 2. The smallest absolute Gasteiger partial charge is 0.431 e. The molecule has 103 heavy (non-hydrogen) atoms. The number of alkyl halides is 3. The van der Waals surface area contributed by atoms with Gasteiger partial charge in [0.1, 0.15) is 63.4 Å². The molecule has 15 aromatic rings. The highest BCUT2D eigenvalue weighted by molar-refractivity contribution is 7.23. The van der Waals surface area contributed by atoms with E-state index in [0.717, 1.165) is 95.7 Å². The molecule has 0 amide bonds. The van der Waals surface area contributed by atoms with Gasteiger partial charge in [-0.3, -0.25) is 5.10 Å². The second-order valence-corrected chi connectivity index (χ2v) is 26.4. The fourth-order valence-corrected chi connectivity index (χ4v) is 14.4. The third kappa shape index (κ3) is 16.4. The molecule has 15 rings (SSSR count). The molecule has 0 unspecified atom stereocenters. The van der Waals surface area contributed by atoms with E-state index in [-0.39, 0.29) is 40.3 Å². The molecule has 9 aromatic carbocycles. The number of nitrogens with one attached hydrogen (secondary N) is 2. The molecule has 0 spiro atoms. The second-order valence-electron chi connectivity index (χ2n) is 23.3. The van der Waals surface area contributed by atoms with Crippen molar-refractivity contribution in [3.63, 3.8) is 0 Å². The molecule has 0 saturated carbocycles. The van der Waals surface area contributed by atoms with Crippen LogP contribution in [-0.4, -0.2) is 65.8 Å². The summed E-state index contributed by atoms with van der Waals surface area (Å²) in [6, 6.07) is 54.5. The normalized spacial score (nSPS) is 11.6. The number of benzene rings is 9. The first-order chi connectivity index (χ1) is 49.6. The highest BCUT2D eigenvalue weighted by atomic mass is 32.1. The molecule has 0 bridgehead atoms. The van der Waals surface area contributed by atoms with Crippen LogP contribution < -0.4 is 19.9 Å². The number of hydrogen-bond acceptors (Lipinski definition) is 17. The molecule has 25 heteroatoms. The topological polar surface area (TPSA) is 240 Å². The number of ether oxygens (including phenoxy) is 3. The van der Waals surface area contributed by atoms with Crippen LogP contribution in [0.1, 0.15) is 56.7 Å². The number of nitrogens with zero attached hydrogens (tertiary/aromatic N) is 7. The zero-order valence-corrected chi connectivity index (χ0v) is 57.1. The van der Waals surface area contributed by atoms with Crippen molar-refractivity contribution in [3.8, 4) is 88.8 Å². The van der Waals surface area contributed by atoms with Gasteiger partial charge >= 0.3 is 11.9 Å². The number of tetrazole rings is 1. The average Bonchev–Trinajstić information content (AvgIpc) is 1.65. The highest BCUT2D eigenvalue weighted by Crippen LogP contribution is 2.51. The summed E-state index contributed by atoms with van der Waals surface area (Å²) in [7, 11) is 1.78. The van der Waals surface area contributed by atoms with Crippen molar-refractivity contribution in [2.75, 3.05) is 0 Å². The van der Waals surface area contributed by atoms with Crippen molar-refractivity contribution < 1.29 is 56.6 Å². The maximum atomic E-state index is 13.7. The number of aromatic hydroxyl groups is 4. The molecule has 0 aliphatic carbocycles. The molecule has 0 saturated heterocycles. The Kier molecular flexibility index (Phi) is 19.9. The number of halogens is 5. The van der Waals surface area contributed by atoms with Crippen LogP contribution >= 0.6 is 34.0 Å². The fourth-order valence-electron chi connectivity index (χ4n) is 10.8. The Morgan fingerprint density at radius 3 is 1.35 bits per heavy atom. The Morgan fingerprint density at radius 2 is 0.922 bits per heavy atom. The lowest BCUT2D eigenvalue weighted by atomic mass is 10.1. The molecule has 6 heterocycles. The molecule has 6 aromatic heterocycles. The Labute approximate surface area is 595 Å². The number of rotatable bonds is 15. The zero-order chi connectivity index (χ0) is 72.1. The van der Waals surface area contributed by atoms with Crippen molar-refractivity contribution >= 4 is 101 Å². The Hall–Kier alpha value is -12.6. The number of H-pyrrole nitrogens is 2. The number of hydrogen-bond donors (Lipinski definition) is 6. The van der Waals surface area contributed by atoms with Gasteiger partial charge in [0.05, 0.1) is 20.3 Å². The van der Waals surface area contributed by atoms with Gasteiger partial charge < -0.3 is 39.6 Å². The van der Waals surface area contributed by atoms with Gasteiger partial charge in [-0.1, -0.05) is 66.8 Å². The van der Waals surface area contributed by atoms with Crippen molar-refractivity contribution in [2.45, 2.75) is 26.9 Å². The van der Waals surface area contributed by atoms with Crippen LogP contribution in [0.5, 0.6) is 57.5 Å². The van der Waals surface area contributed by atoms with Crippen molar-refractivity contribution in [2.24, 2.45) is 7.05 Å². The first kappa shape index (κ1) is 68.9. The molecule has 0 atom stereocenters. The molecule has 514 valence electrons. The Bertz CT molecular complexity index is 5770. The van der Waals surface area contributed by atoms with E-state index in [1.165, 1.54) is 70.4 Å². The lowest BCUT2D eigenvalue weighted by molar-refractivity contribution is -0.141. The third-order valence-electron chi connectivity index (χ3n) is 15.8. The molecular formula is C78H56F5N9O8S3. The summed E-state index contributed by atoms with van der Waals surface area (Å²) in [5.74, 6) is 5.94. The van der Waals surface area contributed by atoms with Gasteiger partial charge in [-0.05, 0) is 240 Å². The van der Waals surface area contributed by atoms with E-state index in [1.54, 1.807) is 120 Å². The van der Waals surface area contributed by atoms with E-state index in [4.69, 9.17) is 14.2 Å². The van der Waals surface area contributed by atoms with Crippen molar-refractivity contribution in [1.29, 1.82) is 0 Å². The van der Waals surface area contributed by atoms with Gasteiger partial charge in [-0.15, -0.1) is 39.1 Å². The SMILES string of the molecule is Cc1cc(F)ccc1-c1sc2cc(O)ccc2c1Oc1ccc(/C=C/c2nnnn2C)cc1.Cc1nc(/C=C/c2ccc(Oc3c(-c4ccc(F)cc4C)sc4cc(O)ccc34)cc2)n[nH]1.O=c1nc(/C=C/c2ccc(Oc3c(-c4ccc(O)cc4)sc4cc(O)ccc34)cc2)cc(C(F)(F)F)[nH]1. The lowest BCUT2D eigenvalue weighted by Gasteiger charge is -2.10. The van der Waals surface area contributed by atoms with Gasteiger partial charge in [0, 0.05) is 37.3 Å². The first-order valence-corrected chi connectivity index (χ1v) is 33.8. The van der Waals surface area contributed by atoms with Gasteiger partial charge in [0.2, 0.25) is 0 Å². The van der Waals surface area contributed by atoms with Gasteiger partial charge in [-0.2, -0.15) is 23.3 Å². The predicted octanol–water partition coefficient (Wildman–Crippen LogP) is 20.4. The number of aromatic nitrogens is 9. The number of thiophene rings is 3. The molecule has 0 fully saturated rings. The van der Waals surface area contributed by atoms with Crippen LogP contribution in [0.3, 0.4) is 0 Å². The molecular weight excluding hydrogens is 1380 g/mol. The molecule has 0 aliphatic rings. The van der Waals surface area contributed by atoms with Gasteiger partial charge in [0.15, 0.2) is 28.9 Å². The van der Waals surface area contributed by atoms with E-state index in [9.17, 15) is 47.2 Å². The Morgan fingerprint density at radius 1 is 0.485 bits per heavy atom. The quantitative estimate of drug-likeness (QED) is 0.0524. The third-order valence-corrected chi connectivity index (χ3v) is 19.3. The van der Waals surface area contributed by atoms with Crippen LogP contribution in [0.15, 0.2) is 199 Å². The van der Waals surface area contributed by atoms with E-state index in [1.807, 2.05) is 106 Å². The summed E-state index contributed by atoms with van der Waals surface area (Å²) >= 11 is 4.44. The summed E-state index contributed by atoms with van der Waals surface area (Å²) < 4.78 is 89.3. The fraction of sp³-hybridized carbons (Fsp3) is 0.0641. The molecule has 0 radical (unpaired) electrons. The number of phenolic OH excluding ortho intramolecular Hbond substituents is 4. The van der Waals surface area contributed by atoms with Crippen LogP contribution in [0.2, 0.25) is 0 Å². The number of fused-ring (bicyclic) bond motifs is 3. The van der Waals surface area contributed by atoms with E-state index in [0.29, 0.717) is 51.7 Å². The number of aryl methyl sites for hydroxylation is 4. The summed E-state index contributed by atoms with van der Waals surface area (Å²) in [6.45, 7) is 5.60. The predicted molar refractivity (Wildman–Crippen MR) is 394 cm³/mol. The largest absolute Gasteiger partial charge is 0.508 e. The maximum absolute atomic E-state index is 13.7. The highest BCUT2D eigenvalue weighted by Gasteiger charge is 2.32. The van der Waals surface area contributed by atoms with Crippen LogP contribution in [-0.2, 0) is 13.2 Å².